The smallest absolute Gasteiger partial charge is 0.266 e. The molecule has 3 aromatic carbocycles. The van der Waals surface area contributed by atoms with Crippen molar-refractivity contribution in [1.82, 2.24) is 9.88 Å². The summed E-state index contributed by atoms with van der Waals surface area (Å²) in [4.78, 5) is 19.5. The van der Waals surface area contributed by atoms with Gasteiger partial charge in [0.15, 0.2) is 0 Å². The second kappa shape index (κ2) is 10.8. The second-order valence-electron chi connectivity index (χ2n) is 9.31. The molecule has 0 radical (unpaired) electrons. The van der Waals surface area contributed by atoms with Crippen molar-refractivity contribution in [3.8, 4) is 16.6 Å². The van der Waals surface area contributed by atoms with E-state index in [1.54, 1.807) is 16.2 Å². The van der Waals surface area contributed by atoms with Crippen molar-refractivity contribution in [2.45, 2.75) is 26.2 Å². The van der Waals surface area contributed by atoms with Crippen LogP contribution in [-0.2, 0) is 11.2 Å². The van der Waals surface area contributed by atoms with Gasteiger partial charge in [-0.15, -0.1) is 11.3 Å². The molecule has 0 spiro atoms. The van der Waals surface area contributed by atoms with Gasteiger partial charge in [0.25, 0.3) is 5.91 Å². The number of fused-ring (bicyclic) bond motifs is 1. The largest absolute Gasteiger partial charge is 0.360 e. The number of nitrogens with zero attached hydrogens (tertiary/aromatic N) is 3. The van der Waals surface area contributed by atoms with Crippen LogP contribution >= 0.6 is 11.3 Å². The number of benzene rings is 3. The summed E-state index contributed by atoms with van der Waals surface area (Å²) in [5.74, 6) is 0.367. The highest BCUT2D eigenvalue weighted by molar-refractivity contribution is 7.21. The fourth-order valence-electron chi connectivity index (χ4n) is 4.62. The Kier molecular flexibility index (Phi) is 7.11. The number of thiazole rings is 1. The van der Waals surface area contributed by atoms with Gasteiger partial charge in [0.05, 0.1) is 10.2 Å². The number of carbonyl (C=O) groups excluding carboxylic acids is 1. The molecule has 4 aromatic rings. The summed E-state index contributed by atoms with van der Waals surface area (Å²) in [5.41, 5.74) is 5.56. The Bertz CT molecular complexity index is 1430. The van der Waals surface area contributed by atoms with Gasteiger partial charge in [0, 0.05) is 30.5 Å². The lowest BCUT2D eigenvalue weighted by atomic mass is 9.90. The third kappa shape index (κ3) is 5.48. The maximum atomic E-state index is 13.0. The summed E-state index contributed by atoms with van der Waals surface area (Å²) in [5, 5.41) is 13.7. The van der Waals surface area contributed by atoms with Gasteiger partial charge in [0.2, 0.25) is 0 Å². The first kappa shape index (κ1) is 23.8. The molecule has 0 unspecified atom stereocenters. The Balaban J connectivity index is 1.18. The van der Waals surface area contributed by atoms with Crippen molar-refractivity contribution in [1.29, 1.82) is 5.26 Å². The fraction of sp³-hybridized carbons (Fsp3) is 0.233. The van der Waals surface area contributed by atoms with Gasteiger partial charge in [-0.1, -0.05) is 36.4 Å². The molecule has 1 saturated heterocycles. The lowest BCUT2D eigenvalue weighted by molar-refractivity contribution is -0.128. The topological polar surface area (TPSA) is 69.0 Å². The van der Waals surface area contributed by atoms with E-state index in [1.807, 2.05) is 30.3 Å². The zero-order chi connectivity index (χ0) is 24.9. The lowest BCUT2D eigenvalue weighted by Gasteiger charge is -2.32. The molecule has 1 aromatic heterocycles. The molecule has 1 aliphatic rings. The maximum absolute atomic E-state index is 13.0. The summed E-state index contributed by atoms with van der Waals surface area (Å²) in [6, 6.07) is 26.7. The van der Waals surface area contributed by atoms with E-state index in [9.17, 15) is 10.1 Å². The number of aryl methyl sites for hydroxylation is 1. The van der Waals surface area contributed by atoms with Gasteiger partial charge >= 0.3 is 0 Å². The molecule has 0 aliphatic carbocycles. The number of nitriles is 1. The van der Waals surface area contributed by atoms with E-state index < -0.39 is 0 Å². The molecular formula is C30H28N4OS. The SMILES string of the molecule is Cc1ccc2nc(-c3ccc(N/C=C(/C#N)C(=O)N4CCC(Cc5ccccc5)CC4)cc3)sc2c1. The third-order valence-electron chi connectivity index (χ3n) is 6.68. The quantitative estimate of drug-likeness (QED) is 0.244. The standard InChI is InChI=1S/C30H28N4OS/c1-21-7-12-27-28(17-21)36-29(33-27)24-8-10-26(11-9-24)32-20-25(19-31)30(35)34-15-13-23(14-16-34)18-22-5-3-2-4-6-22/h2-12,17,20,23,32H,13-16,18H2,1H3/b25-20-. The second-order valence-corrected chi connectivity index (χ2v) is 10.3. The zero-order valence-corrected chi connectivity index (χ0v) is 21.1. The number of anilines is 1. The first-order valence-corrected chi connectivity index (χ1v) is 13.1. The third-order valence-corrected chi connectivity index (χ3v) is 7.75. The fourth-order valence-corrected chi connectivity index (χ4v) is 5.69. The highest BCUT2D eigenvalue weighted by Gasteiger charge is 2.25. The zero-order valence-electron chi connectivity index (χ0n) is 20.3. The molecule has 180 valence electrons. The molecule has 0 saturated carbocycles. The highest BCUT2D eigenvalue weighted by Crippen LogP contribution is 2.31. The molecule has 1 amide bonds. The van der Waals surface area contributed by atoms with Gasteiger partial charge in [-0.05, 0) is 79.6 Å². The van der Waals surface area contributed by atoms with Crippen LogP contribution in [0.2, 0.25) is 0 Å². The predicted octanol–water partition coefficient (Wildman–Crippen LogP) is 6.57. The van der Waals surface area contributed by atoms with Crippen LogP contribution in [0.3, 0.4) is 0 Å². The maximum Gasteiger partial charge on any atom is 0.266 e. The number of likely N-dealkylation sites (tertiary alicyclic amines) is 1. The van der Waals surface area contributed by atoms with E-state index in [1.165, 1.54) is 22.0 Å². The summed E-state index contributed by atoms with van der Waals surface area (Å²) in [6.45, 7) is 3.46. The van der Waals surface area contributed by atoms with Crippen molar-refractivity contribution in [3.05, 3.63) is 95.7 Å². The summed E-state index contributed by atoms with van der Waals surface area (Å²) >= 11 is 1.68. The van der Waals surface area contributed by atoms with E-state index in [0.29, 0.717) is 19.0 Å². The summed E-state index contributed by atoms with van der Waals surface area (Å²) in [7, 11) is 0. The lowest BCUT2D eigenvalue weighted by Crippen LogP contribution is -2.39. The van der Waals surface area contributed by atoms with Crippen LogP contribution in [-0.4, -0.2) is 28.9 Å². The Labute approximate surface area is 215 Å². The number of aromatic nitrogens is 1. The Hall–Kier alpha value is -3.95. The molecule has 0 atom stereocenters. The van der Waals surface area contributed by atoms with Crippen LogP contribution in [0, 0.1) is 24.2 Å². The number of piperidine rings is 1. The molecule has 0 bridgehead atoms. The van der Waals surface area contributed by atoms with E-state index in [2.05, 4.69) is 60.8 Å². The molecule has 2 heterocycles. The van der Waals surface area contributed by atoms with Crippen LogP contribution in [0.1, 0.15) is 24.0 Å². The Morgan fingerprint density at radius 1 is 1.11 bits per heavy atom. The van der Waals surface area contributed by atoms with E-state index in [-0.39, 0.29) is 11.5 Å². The molecule has 1 aliphatic heterocycles. The minimum Gasteiger partial charge on any atom is -0.360 e. The van der Waals surface area contributed by atoms with Gasteiger partial charge in [-0.3, -0.25) is 4.79 Å². The van der Waals surface area contributed by atoms with Crippen LogP contribution < -0.4 is 5.32 Å². The van der Waals surface area contributed by atoms with Crippen molar-refractivity contribution >= 4 is 33.1 Å². The minimum absolute atomic E-state index is 0.127. The number of nitrogens with one attached hydrogen (secondary N) is 1. The Morgan fingerprint density at radius 2 is 1.86 bits per heavy atom. The number of hydrogen-bond acceptors (Lipinski definition) is 5. The molecular weight excluding hydrogens is 464 g/mol. The molecule has 5 rings (SSSR count). The van der Waals surface area contributed by atoms with Gasteiger partial charge < -0.3 is 10.2 Å². The average molecular weight is 493 g/mol. The number of carbonyl (C=O) groups is 1. The first-order valence-electron chi connectivity index (χ1n) is 12.3. The van der Waals surface area contributed by atoms with Crippen molar-refractivity contribution in [2.75, 3.05) is 18.4 Å². The average Bonchev–Trinajstić information content (AvgIpc) is 3.33. The number of amides is 1. The molecule has 5 nitrogen and oxygen atoms in total. The van der Waals surface area contributed by atoms with Gasteiger partial charge in [0.1, 0.15) is 16.6 Å². The summed E-state index contributed by atoms with van der Waals surface area (Å²) < 4.78 is 1.18. The highest BCUT2D eigenvalue weighted by atomic mass is 32.1. The van der Waals surface area contributed by atoms with Crippen molar-refractivity contribution in [2.24, 2.45) is 5.92 Å². The number of hydrogen-bond donors (Lipinski definition) is 1. The van der Waals surface area contributed by atoms with Crippen LogP contribution in [0.15, 0.2) is 84.6 Å². The minimum atomic E-state index is -0.204. The normalized spacial score (nSPS) is 14.6. The summed E-state index contributed by atoms with van der Waals surface area (Å²) in [6.07, 6.45) is 4.48. The molecule has 6 heteroatoms. The van der Waals surface area contributed by atoms with Gasteiger partial charge in [-0.2, -0.15) is 5.26 Å². The van der Waals surface area contributed by atoms with Crippen molar-refractivity contribution < 1.29 is 4.79 Å². The first-order chi connectivity index (χ1) is 17.6. The molecule has 1 N–H and O–H groups in total. The monoisotopic (exact) mass is 492 g/mol. The van der Waals surface area contributed by atoms with E-state index in [0.717, 1.165) is 41.0 Å². The van der Waals surface area contributed by atoms with E-state index >= 15 is 0 Å². The van der Waals surface area contributed by atoms with Crippen LogP contribution in [0.5, 0.6) is 0 Å². The van der Waals surface area contributed by atoms with Crippen LogP contribution in [0.25, 0.3) is 20.8 Å². The van der Waals surface area contributed by atoms with Gasteiger partial charge in [-0.25, -0.2) is 4.98 Å². The molecule has 1 fully saturated rings. The van der Waals surface area contributed by atoms with Crippen molar-refractivity contribution in [3.63, 3.8) is 0 Å². The Morgan fingerprint density at radius 3 is 2.58 bits per heavy atom. The predicted molar refractivity (Wildman–Crippen MR) is 147 cm³/mol. The number of rotatable bonds is 6. The van der Waals surface area contributed by atoms with E-state index in [4.69, 9.17) is 4.98 Å². The molecule has 36 heavy (non-hydrogen) atoms. The van der Waals surface area contributed by atoms with Crippen LogP contribution in [0.4, 0.5) is 5.69 Å².